The Bertz CT molecular complexity index is 771. The number of hydrogen-bond acceptors (Lipinski definition) is 3. The molecule has 3 rings (SSSR count). The number of H-pyrrole nitrogens is 1. The number of thiophene rings is 1. The van der Waals surface area contributed by atoms with Crippen LogP contribution in [-0.2, 0) is 0 Å². The van der Waals surface area contributed by atoms with Crippen LogP contribution in [0.5, 0.6) is 0 Å². The third-order valence-electron chi connectivity index (χ3n) is 2.64. The average Bonchev–Trinajstić information content (AvgIpc) is 2.73. The van der Waals surface area contributed by atoms with Gasteiger partial charge in [-0.2, -0.15) is 0 Å². The molecule has 2 aromatic heterocycles. The maximum Gasteiger partial charge on any atom is 0.268 e. The Morgan fingerprint density at radius 2 is 2.11 bits per heavy atom. The molecule has 5 heteroatoms. The van der Waals surface area contributed by atoms with Crippen LogP contribution in [0.15, 0.2) is 35.4 Å². The fourth-order valence-electron chi connectivity index (χ4n) is 1.89. The number of halogens is 1. The Balaban J connectivity index is 2.25. The molecule has 0 fully saturated rings. The van der Waals surface area contributed by atoms with Gasteiger partial charge < -0.3 is 4.98 Å². The minimum absolute atomic E-state index is 0.163. The van der Waals surface area contributed by atoms with E-state index in [2.05, 4.69) is 9.97 Å². The Morgan fingerprint density at radius 3 is 2.83 bits per heavy atom. The third-order valence-corrected chi connectivity index (χ3v) is 3.82. The molecule has 1 N–H and O–H groups in total. The number of fused-ring (bicyclic) bond motifs is 1. The molecule has 90 valence electrons. The molecule has 0 aliphatic carbocycles. The fourth-order valence-corrected chi connectivity index (χ4v) is 2.88. The van der Waals surface area contributed by atoms with E-state index in [0.717, 1.165) is 16.0 Å². The van der Waals surface area contributed by atoms with Gasteiger partial charge in [-0.3, -0.25) is 4.79 Å². The summed E-state index contributed by atoms with van der Waals surface area (Å²) in [7, 11) is 0. The summed E-state index contributed by atoms with van der Waals surface area (Å²) in [5, 5.41) is 0. The van der Waals surface area contributed by atoms with Crippen LogP contribution >= 0.6 is 11.3 Å². The second-order valence-corrected chi connectivity index (χ2v) is 5.13. The maximum atomic E-state index is 13.4. The number of hydrogen-bond donors (Lipinski definition) is 1. The van der Waals surface area contributed by atoms with Crippen molar-refractivity contribution in [1.82, 2.24) is 9.97 Å². The monoisotopic (exact) mass is 260 g/mol. The minimum atomic E-state index is -0.274. The highest BCUT2D eigenvalue weighted by Crippen LogP contribution is 2.31. The van der Waals surface area contributed by atoms with Crippen LogP contribution in [-0.4, -0.2) is 9.97 Å². The van der Waals surface area contributed by atoms with Gasteiger partial charge in [0.15, 0.2) is 0 Å². The molecule has 0 amide bonds. The summed E-state index contributed by atoms with van der Waals surface area (Å²) in [4.78, 5) is 19.1. The zero-order valence-corrected chi connectivity index (χ0v) is 10.3. The zero-order valence-electron chi connectivity index (χ0n) is 9.53. The van der Waals surface area contributed by atoms with Gasteiger partial charge in [-0.15, -0.1) is 11.3 Å². The fraction of sp³-hybridized carbons (Fsp3) is 0.0769. The van der Waals surface area contributed by atoms with Gasteiger partial charge in [0.25, 0.3) is 5.56 Å². The van der Waals surface area contributed by atoms with Crippen LogP contribution < -0.4 is 5.56 Å². The van der Waals surface area contributed by atoms with Crippen LogP contribution in [0.2, 0.25) is 0 Å². The van der Waals surface area contributed by atoms with E-state index < -0.39 is 0 Å². The lowest BCUT2D eigenvalue weighted by Gasteiger charge is -1.99. The van der Waals surface area contributed by atoms with E-state index in [0.29, 0.717) is 10.2 Å². The second-order valence-electron chi connectivity index (χ2n) is 4.07. The Kier molecular flexibility index (Phi) is 2.48. The largest absolute Gasteiger partial charge is 0.312 e. The first-order valence-corrected chi connectivity index (χ1v) is 6.20. The molecule has 0 saturated carbocycles. The quantitative estimate of drug-likeness (QED) is 0.730. The van der Waals surface area contributed by atoms with E-state index in [9.17, 15) is 9.18 Å². The lowest BCUT2D eigenvalue weighted by Crippen LogP contribution is -2.02. The third kappa shape index (κ3) is 1.82. The van der Waals surface area contributed by atoms with Crippen LogP contribution in [0.25, 0.3) is 20.7 Å². The molecular formula is C13H9FN2OS. The first-order chi connectivity index (χ1) is 8.63. The summed E-state index contributed by atoms with van der Waals surface area (Å²) in [6, 6.07) is 6.64. The van der Waals surface area contributed by atoms with Crippen LogP contribution in [0.3, 0.4) is 0 Å². The average molecular weight is 260 g/mol. The molecular weight excluding hydrogens is 251 g/mol. The van der Waals surface area contributed by atoms with E-state index in [-0.39, 0.29) is 11.4 Å². The molecule has 0 bridgehead atoms. The van der Waals surface area contributed by atoms with E-state index in [1.54, 1.807) is 0 Å². The van der Waals surface area contributed by atoms with Crippen molar-refractivity contribution in [3.63, 3.8) is 0 Å². The summed E-state index contributed by atoms with van der Waals surface area (Å²) in [6.45, 7) is 1.84. The van der Waals surface area contributed by atoms with Crippen molar-refractivity contribution in [1.29, 1.82) is 0 Å². The predicted octanol–water partition coefficient (Wildman–Crippen LogP) is 3.10. The molecule has 0 spiro atoms. The number of rotatable bonds is 1. The topological polar surface area (TPSA) is 45.8 Å². The molecule has 0 aliphatic rings. The maximum absolute atomic E-state index is 13.4. The van der Waals surface area contributed by atoms with Crippen LogP contribution in [0.4, 0.5) is 4.39 Å². The first kappa shape index (κ1) is 11.1. The van der Waals surface area contributed by atoms with Crippen molar-refractivity contribution < 1.29 is 4.39 Å². The summed E-state index contributed by atoms with van der Waals surface area (Å²) in [5.74, 6) is -0.274. The number of nitrogens with one attached hydrogen (secondary N) is 1. The second kappa shape index (κ2) is 4.03. The van der Waals surface area contributed by atoms with Crippen LogP contribution in [0.1, 0.15) is 5.56 Å². The Hall–Kier alpha value is -2.01. The number of aromatic nitrogens is 2. The van der Waals surface area contributed by atoms with Gasteiger partial charge in [-0.25, -0.2) is 9.37 Å². The van der Waals surface area contributed by atoms with E-state index >= 15 is 0 Å². The SMILES string of the molecule is Cc1cc(F)cc(-c2cc3nc[nH]c(=O)c3s2)c1. The Labute approximate surface area is 106 Å². The van der Waals surface area contributed by atoms with E-state index in [1.165, 1.54) is 29.8 Å². The van der Waals surface area contributed by atoms with E-state index in [1.807, 2.05) is 19.1 Å². The molecule has 3 aromatic rings. The normalized spacial score (nSPS) is 11.0. The van der Waals surface area contributed by atoms with Crippen molar-refractivity contribution in [2.75, 3.05) is 0 Å². The summed E-state index contributed by atoms with van der Waals surface area (Å²) in [6.07, 6.45) is 1.37. The van der Waals surface area contributed by atoms with Gasteiger partial charge in [0.1, 0.15) is 10.5 Å². The number of aryl methyl sites for hydroxylation is 1. The van der Waals surface area contributed by atoms with Crippen molar-refractivity contribution in [3.05, 3.63) is 52.3 Å². The first-order valence-electron chi connectivity index (χ1n) is 5.38. The Morgan fingerprint density at radius 1 is 1.28 bits per heavy atom. The van der Waals surface area contributed by atoms with Gasteiger partial charge in [0.2, 0.25) is 0 Å². The zero-order chi connectivity index (χ0) is 12.7. The predicted molar refractivity (Wildman–Crippen MR) is 70.4 cm³/mol. The van der Waals surface area contributed by atoms with Crippen molar-refractivity contribution in [2.45, 2.75) is 6.92 Å². The van der Waals surface area contributed by atoms with Gasteiger partial charge in [-0.1, -0.05) is 6.07 Å². The smallest absolute Gasteiger partial charge is 0.268 e. The number of nitrogens with zero attached hydrogens (tertiary/aromatic N) is 1. The highest BCUT2D eigenvalue weighted by Gasteiger charge is 2.09. The highest BCUT2D eigenvalue weighted by molar-refractivity contribution is 7.22. The van der Waals surface area contributed by atoms with Gasteiger partial charge in [0.05, 0.1) is 11.8 Å². The van der Waals surface area contributed by atoms with Crippen molar-refractivity contribution in [2.24, 2.45) is 0 Å². The standard InChI is InChI=1S/C13H9FN2OS/c1-7-2-8(4-9(14)3-7)11-5-10-12(18-11)13(17)16-6-15-10/h2-6H,1H3,(H,15,16,17). The molecule has 0 aliphatic heterocycles. The van der Waals surface area contributed by atoms with Crippen molar-refractivity contribution in [3.8, 4) is 10.4 Å². The van der Waals surface area contributed by atoms with Gasteiger partial charge in [-0.05, 0) is 36.2 Å². The molecule has 0 saturated heterocycles. The lowest BCUT2D eigenvalue weighted by atomic mass is 10.1. The van der Waals surface area contributed by atoms with Gasteiger partial charge in [0, 0.05) is 4.88 Å². The van der Waals surface area contributed by atoms with Crippen molar-refractivity contribution >= 4 is 21.6 Å². The molecule has 2 heterocycles. The molecule has 18 heavy (non-hydrogen) atoms. The summed E-state index contributed by atoms with van der Waals surface area (Å²) in [5.41, 5.74) is 2.10. The summed E-state index contributed by atoms with van der Waals surface area (Å²) >= 11 is 1.32. The minimum Gasteiger partial charge on any atom is -0.312 e. The molecule has 0 unspecified atom stereocenters. The van der Waals surface area contributed by atoms with E-state index in [4.69, 9.17) is 0 Å². The van der Waals surface area contributed by atoms with Gasteiger partial charge >= 0.3 is 0 Å². The number of benzene rings is 1. The molecule has 1 aromatic carbocycles. The summed E-state index contributed by atoms with van der Waals surface area (Å²) < 4.78 is 13.9. The molecule has 0 atom stereocenters. The molecule has 0 radical (unpaired) electrons. The lowest BCUT2D eigenvalue weighted by molar-refractivity contribution is 0.627. The van der Waals surface area contributed by atoms with Crippen LogP contribution in [0, 0.1) is 12.7 Å². The number of aromatic amines is 1. The highest BCUT2D eigenvalue weighted by atomic mass is 32.1. The molecule has 3 nitrogen and oxygen atoms in total.